The quantitative estimate of drug-likeness (QED) is 0.769. The molecule has 0 spiro atoms. The molecule has 0 unspecified atom stereocenters. The predicted octanol–water partition coefficient (Wildman–Crippen LogP) is 3.75. The van der Waals surface area contributed by atoms with Crippen LogP contribution in [0.5, 0.6) is 0 Å². The number of aryl methyl sites for hydroxylation is 1. The van der Waals surface area contributed by atoms with E-state index >= 15 is 0 Å². The average Bonchev–Trinajstić information content (AvgIpc) is 3.37. The number of carbonyl (C=O) groups excluding carboxylic acids is 1. The van der Waals surface area contributed by atoms with Crippen molar-refractivity contribution >= 4 is 23.1 Å². The van der Waals surface area contributed by atoms with Gasteiger partial charge in [-0.1, -0.05) is 18.2 Å². The number of hydrogen-bond donors (Lipinski definition) is 1. The molecule has 5 nitrogen and oxygen atoms in total. The number of fused-ring (bicyclic) bond motifs is 2. The molecule has 0 saturated carbocycles. The van der Waals surface area contributed by atoms with Crippen molar-refractivity contribution in [2.24, 2.45) is 0 Å². The third kappa shape index (κ3) is 2.66. The highest BCUT2D eigenvalue weighted by atomic mass is 32.1. The topological polar surface area (TPSA) is 56.2 Å². The summed E-state index contributed by atoms with van der Waals surface area (Å²) in [5, 5.41) is 7.90. The van der Waals surface area contributed by atoms with Crippen molar-refractivity contribution in [2.45, 2.75) is 32.3 Å². The van der Waals surface area contributed by atoms with Crippen LogP contribution in [0.1, 0.15) is 37.8 Å². The molecule has 26 heavy (non-hydrogen) atoms. The summed E-state index contributed by atoms with van der Waals surface area (Å²) in [7, 11) is 0. The molecule has 0 saturated heterocycles. The van der Waals surface area contributed by atoms with E-state index in [2.05, 4.69) is 5.32 Å². The molecule has 0 atom stereocenters. The summed E-state index contributed by atoms with van der Waals surface area (Å²) < 4.78 is 7.37. The van der Waals surface area contributed by atoms with E-state index in [4.69, 9.17) is 9.84 Å². The van der Waals surface area contributed by atoms with Crippen LogP contribution in [0.4, 0.5) is 5.82 Å². The SMILES string of the molecule is O=C(Nc1c2c(nn1-c1ccccc1)CCC2)c1cc2c(s1)CCOC2. The summed E-state index contributed by atoms with van der Waals surface area (Å²) in [6, 6.07) is 12.0. The lowest BCUT2D eigenvalue weighted by Crippen LogP contribution is -2.15. The number of nitrogens with one attached hydrogen (secondary N) is 1. The van der Waals surface area contributed by atoms with E-state index in [1.54, 1.807) is 11.3 Å². The van der Waals surface area contributed by atoms with Crippen LogP contribution in [-0.2, 0) is 30.6 Å². The van der Waals surface area contributed by atoms with E-state index in [1.165, 1.54) is 10.4 Å². The molecule has 132 valence electrons. The molecule has 0 radical (unpaired) electrons. The van der Waals surface area contributed by atoms with Gasteiger partial charge in [0, 0.05) is 16.9 Å². The van der Waals surface area contributed by atoms with Crippen molar-refractivity contribution in [3.63, 3.8) is 0 Å². The number of para-hydroxylation sites is 1. The van der Waals surface area contributed by atoms with E-state index in [9.17, 15) is 4.79 Å². The highest BCUT2D eigenvalue weighted by Crippen LogP contribution is 2.32. The standard InChI is InChI=1S/C20H19N3O2S/c24-20(18-11-13-12-25-10-9-17(13)26-18)21-19-15-7-4-8-16(15)22-23(19)14-5-2-1-3-6-14/h1-3,5-6,11H,4,7-10,12H2,(H,21,24). The molecule has 1 aromatic carbocycles. The third-order valence-corrected chi connectivity index (χ3v) is 6.23. The summed E-state index contributed by atoms with van der Waals surface area (Å²) >= 11 is 1.58. The number of benzene rings is 1. The lowest BCUT2D eigenvalue weighted by Gasteiger charge is -2.10. The van der Waals surface area contributed by atoms with Gasteiger partial charge in [0.05, 0.1) is 29.5 Å². The lowest BCUT2D eigenvalue weighted by molar-refractivity contribution is 0.102. The van der Waals surface area contributed by atoms with Crippen molar-refractivity contribution in [1.29, 1.82) is 0 Å². The molecule has 1 amide bonds. The average molecular weight is 365 g/mol. The first-order chi connectivity index (χ1) is 12.8. The van der Waals surface area contributed by atoms with Crippen molar-refractivity contribution in [1.82, 2.24) is 9.78 Å². The van der Waals surface area contributed by atoms with Gasteiger partial charge < -0.3 is 10.1 Å². The number of amides is 1. The minimum atomic E-state index is -0.0591. The number of ether oxygens (including phenoxy) is 1. The zero-order valence-electron chi connectivity index (χ0n) is 14.3. The summed E-state index contributed by atoms with van der Waals surface area (Å²) in [6.45, 7) is 1.35. The van der Waals surface area contributed by atoms with E-state index in [1.807, 2.05) is 41.1 Å². The van der Waals surface area contributed by atoms with Crippen molar-refractivity contribution in [3.8, 4) is 5.69 Å². The third-order valence-electron chi connectivity index (χ3n) is 4.99. The molecular formula is C20H19N3O2S. The Morgan fingerprint density at radius 1 is 1.19 bits per heavy atom. The van der Waals surface area contributed by atoms with E-state index in [0.29, 0.717) is 6.61 Å². The zero-order valence-corrected chi connectivity index (χ0v) is 15.1. The Morgan fingerprint density at radius 3 is 2.92 bits per heavy atom. The summed E-state index contributed by atoms with van der Waals surface area (Å²) in [4.78, 5) is 14.9. The molecule has 1 aliphatic carbocycles. The minimum Gasteiger partial charge on any atom is -0.376 e. The van der Waals surface area contributed by atoms with Gasteiger partial charge in [0.2, 0.25) is 0 Å². The zero-order chi connectivity index (χ0) is 17.5. The lowest BCUT2D eigenvalue weighted by atomic mass is 10.2. The van der Waals surface area contributed by atoms with Gasteiger partial charge in [-0.25, -0.2) is 4.68 Å². The van der Waals surface area contributed by atoms with Crippen LogP contribution < -0.4 is 5.32 Å². The number of hydrogen-bond acceptors (Lipinski definition) is 4. The van der Waals surface area contributed by atoms with E-state index in [0.717, 1.165) is 59.9 Å². The number of carbonyl (C=O) groups is 1. The molecule has 5 rings (SSSR count). The van der Waals surface area contributed by atoms with Crippen LogP contribution in [-0.4, -0.2) is 22.3 Å². The van der Waals surface area contributed by atoms with Crippen LogP contribution in [0.2, 0.25) is 0 Å². The van der Waals surface area contributed by atoms with Crippen molar-refractivity contribution < 1.29 is 9.53 Å². The highest BCUT2D eigenvalue weighted by molar-refractivity contribution is 7.14. The maximum atomic E-state index is 12.9. The Balaban J connectivity index is 1.50. The predicted molar refractivity (Wildman–Crippen MR) is 101 cm³/mol. The molecule has 2 aliphatic rings. The van der Waals surface area contributed by atoms with Gasteiger partial charge in [0.15, 0.2) is 0 Å². The normalized spacial score (nSPS) is 15.5. The largest absolute Gasteiger partial charge is 0.376 e. The van der Waals surface area contributed by atoms with Crippen molar-refractivity contribution in [3.05, 3.63) is 63.0 Å². The maximum Gasteiger partial charge on any atom is 0.266 e. The fraction of sp³-hybridized carbons (Fsp3) is 0.300. The number of aromatic nitrogens is 2. The smallest absolute Gasteiger partial charge is 0.266 e. The summed E-state index contributed by atoms with van der Waals surface area (Å²) in [5.74, 6) is 0.757. The molecule has 3 heterocycles. The fourth-order valence-corrected chi connectivity index (χ4v) is 4.75. The van der Waals surface area contributed by atoms with Gasteiger partial charge >= 0.3 is 0 Å². The van der Waals surface area contributed by atoms with Gasteiger partial charge in [-0.05, 0) is 43.0 Å². The van der Waals surface area contributed by atoms with Gasteiger partial charge in [-0.15, -0.1) is 11.3 Å². The first-order valence-electron chi connectivity index (χ1n) is 8.96. The molecule has 3 aromatic rings. The second-order valence-corrected chi connectivity index (χ2v) is 7.83. The van der Waals surface area contributed by atoms with Gasteiger partial charge in [-0.2, -0.15) is 5.10 Å². The first-order valence-corrected chi connectivity index (χ1v) is 9.78. The summed E-state index contributed by atoms with van der Waals surface area (Å²) in [6.07, 6.45) is 3.93. The molecule has 0 bridgehead atoms. The summed E-state index contributed by atoms with van der Waals surface area (Å²) in [5.41, 5.74) is 4.39. The molecule has 1 aliphatic heterocycles. The molecule has 6 heteroatoms. The van der Waals surface area contributed by atoms with Gasteiger partial charge in [0.25, 0.3) is 5.91 Å². The van der Waals surface area contributed by atoms with Gasteiger partial charge in [0.1, 0.15) is 5.82 Å². The van der Waals surface area contributed by atoms with E-state index in [-0.39, 0.29) is 5.91 Å². The van der Waals surface area contributed by atoms with Crippen LogP contribution in [0.15, 0.2) is 36.4 Å². The molecule has 1 N–H and O–H groups in total. The van der Waals surface area contributed by atoms with Crippen LogP contribution in [0.3, 0.4) is 0 Å². The van der Waals surface area contributed by atoms with Gasteiger partial charge in [-0.3, -0.25) is 4.79 Å². The number of rotatable bonds is 3. The fourth-order valence-electron chi connectivity index (χ4n) is 3.70. The first kappa shape index (κ1) is 15.8. The monoisotopic (exact) mass is 365 g/mol. The number of anilines is 1. The Bertz CT molecular complexity index is 951. The Morgan fingerprint density at radius 2 is 2.08 bits per heavy atom. The second kappa shape index (κ2) is 6.37. The molecule has 2 aromatic heterocycles. The Kier molecular flexibility index (Phi) is 3.87. The second-order valence-electron chi connectivity index (χ2n) is 6.69. The Hall–Kier alpha value is -2.44. The van der Waals surface area contributed by atoms with Crippen LogP contribution >= 0.6 is 11.3 Å². The van der Waals surface area contributed by atoms with Crippen LogP contribution in [0.25, 0.3) is 5.69 Å². The molecule has 0 fully saturated rings. The minimum absolute atomic E-state index is 0.0591. The number of nitrogens with zero attached hydrogens (tertiary/aromatic N) is 2. The number of thiophene rings is 1. The van der Waals surface area contributed by atoms with Crippen LogP contribution in [0, 0.1) is 0 Å². The Labute approximate surface area is 155 Å². The van der Waals surface area contributed by atoms with Crippen molar-refractivity contribution in [2.75, 3.05) is 11.9 Å². The maximum absolute atomic E-state index is 12.9. The van der Waals surface area contributed by atoms with E-state index < -0.39 is 0 Å². The molecular weight excluding hydrogens is 346 g/mol. The highest BCUT2D eigenvalue weighted by Gasteiger charge is 2.25.